The van der Waals surface area contributed by atoms with Crippen molar-refractivity contribution in [2.75, 3.05) is 11.9 Å². The standard InChI is InChI=1S/C26H26F3N5O2/c1-15(2)11-12-30-21-20-22(32-23(31-21)25(35)36)33-24(18-6-4-5-16(3)13-18)34(20)14-17-7-9-19(10-8-17)26(27,28)29/h4-10,13,15H,11-12,14H2,1-3H3,(H,35,36)(H,30,31,32). The first kappa shape index (κ1) is 25.2. The number of aromatic carboxylic acids is 1. The maximum Gasteiger partial charge on any atom is 0.416 e. The van der Waals surface area contributed by atoms with E-state index in [2.05, 4.69) is 34.1 Å². The van der Waals surface area contributed by atoms with Gasteiger partial charge in [-0.05, 0) is 43.0 Å². The number of hydrogen-bond donors (Lipinski definition) is 2. The van der Waals surface area contributed by atoms with Gasteiger partial charge >= 0.3 is 12.1 Å². The van der Waals surface area contributed by atoms with E-state index in [0.717, 1.165) is 29.7 Å². The van der Waals surface area contributed by atoms with E-state index in [4.69, 9.17) is 0 Å². The van der Waals surface area contributed by atoms with Crippen LogP contribution in [0.2, 0.25) is 0 Å². The Morgan fingerprint density at radius 3 is 2.42 bits per heavy atom. The molecule has 0 radical (unpaired) electrons. The molecule has 2 heterocycles. The Balaban J connectivity index is 1.89. The molecule has 0 amide bonds. The third-order valence-corrected chi connectivity index (χ3v) is 5.71. The van der Waals surface area contributed by atoms with Gasteiger partial charge in [-0.1, -0.05) is 49.7 Å². The van der Waals surface area contributed by atoms with Crippen LogP contribution in [0.3, 0.4) is 0 Å². The molecule has 188 valence electrons. The molecule has 0 unspecified atom stereocenters. The summed E-state index contributed by atoms with van der Waals surface area (Å²) in [6.45, 7) is 6.82. The van der Waals surface area contributed by atoms with Crippen LogP contribution in [0.4, 0.5) is 19.0 Å². The van der Waals surface area contributed by atoms with Gasteiger partial charge in [0.05, 0.1) is 5.56 Å². The number of hydrogen-bond acceptors (Lipinski definition) is 5. The number of imidazole rings is 1. The van der Waals surface area contributed by atoms with Crippen molar-refractivity contribution in [1.29, 1.82) is 0 Å². The molecular formula is C26H26F3N5O2. The van der Waals surface area contributed by atoms with Crippen molar-refractivity contribution < 1.29 is 23.1 Å². The highest BCUT2D eigenvalue weighted by Crippen LogP contribution is 2.32. The Labute approximate surface area is 206 Å². The third kappa shape index (κ3) is 5.48. The van der Waals surface area contributed by atoms with Gasteiger partial charge in [-0.3, -0.25) is 0 Å². The Morgan fingerprint density at radius 2 is 1.81 bits per heavy atom. The van der Waals surface area contributed by atoms with Crippen molar-refractivity contribution >= 4 is 23.0 Å². The number of anilines is 1. The molecule has 0 fully saturated rings. The Hall–Kier alpha value is -3.95. The summed E-state index contributed by atoms with van der Waals surface area (Å²) in [5.74, 6) is -0.426. The highest BCUT2D eigenvalue weighted by atomic mass is 19.4. The van der Waals surface area contributed by atoms with Crippen molar-refractivity contribution in [1.82, 2.24) is 19.5 Å². The predicted molar refractivity (Wildman–Crippen MR) is 131 cm³/mol. The molecule has 2 aromatic heterocycles. The number of aryl methyl sites for hydroxylation is 1. The molecule has 0 saturated heterocycles. The number of carboxylic acid groups (broad SMARTS) is 1. The summed E-state index contributed by atoms with van der Waals surface area (Å²) in [6, 6.07) is 12.6. The first-order valence-corrected chi connectivity index (χ1v) is 11.5. The summed E-state index contributed by atoms with van der Waals surface area (Å²) in [5.41, 5.74) is 2.33. The highest BCUT2D eigenvalue weighted by molar-refractivity contribution is 5.92. The van der Waals surface area contributed by atoms with E-state index >= 15 is 0 Å². The lowest BCUT2D eigenvalue weighted by Gasteiger charge is -2.14. The molecule has 0 spiro atoms. The molecule has 0 aliphatic heterocycles. The monoisotopic (exact) mass is 497 g/mol. The fraction of sp³-hybridized carbons (Fsp3) is 0.308. The zero-order valence-electron chi connectivity index (χ0n) is 20.1. The van der Waals surface area contributed by atoms with Crippen molar-refractivity contribution in [2.24, 2.45) is 5.92 Å². The second-order valence-electron chi connectivity index (χ2n) is 9.07. The van der Waals surface area contributed by atoms with E-state index in [9.17, 15) is 23.1 Å². The van der Waals surface area contributed by atoms with Crippen LogP contribution in [0.5, 0.6) is 0 Å². The minimum Gasteiger partial charge on any atom is -0.475 e. The summed E-state index contributed by atoms with van der Waals surface area (Å²) < 4.78 is 41.0. The number of carboxylic acids is 1. The second-order valence-corrected chi connectivity index (χ2v) is 9.07. The van der Waals surface area contributed by atoms with E-state index in [1.807, 2.05) is 35.8 Å². The van der Waals surface area contributed by atoms with E-state index in [-0.39, 0.29) is 18.0 Å². The van der Waals surface area contributed by atoms with Crippen LogP contribution in [0, 0.1) is 12.8 Å². The van der Waals surface area contributed by atoms with Crippen LogP contribution in [-0.2, 0) is 12.7 Å². The SMILES string of the molecule is Cc1cccc(-c2nc3nc(C(=O)O)nc(NCCC(C)C)c3n2Cc2ccc(C(F)(F)F)cc2)c1. The molecule has 36 heavy (non-hydrogen) atoms. The van der Waals surface area contributed by atoms with Gasteiger partial charge in [-0.15, -0.1) is 0 Å². The molecule has 7 nitrogen and oxygen atoms in total. The lowest BCUT2D eigenvalue weighted by molar-refractivity contribution is -0.137. The number of carbonyl (C=O) groups is 1. The van der Waals surface area contributed by atoms with Crippen molar-refractivity contribution in [3.63, 3.8) is 0 Å². The average Bonchev–Trinajstić information content (AvgIpc) is 3.17. The third-order valence-electron chi connectivity index (χ3n) is 5.71. The number of nitrogens with one attached hydrogen (secondary N) is 1. The van der Waals surface area contributed by atoms with Crippen LogP contribution in [0.15, 0.2) is 48.5 Å². The summed E-state index contributed by atoms with van der Waals surface area (Å²) in [5, 5.41) is 12.8. The van der Waals surface area contributed by atoms with Crippen LogP contribution in [0.25, 0.3) is 22.6 Å². The van der Waals surface area contributed by atoms with E-state index < -0.39 is 17.7 Å². The van der Waals surface area contributed by atoms with Gasteiger partial charge in [-0.25, -0.2) is 19.7 Å². The van der Waals surface area contributed by atoms with Crippen molar-refractivity contribution in [3.8, 4) is 11.4 Å². The molecule has 2 N–H and O–H groups in total. The lowest BCUT2D eigenvalue weighted by Crippen LogP contribution is -2.13. The van der Waals surface area contributed by atoms with Gasteiger partial charge in [-0.2, -0.15) is 13.2 Å². The first-order valence-electron chi connectivity index (χ1n) is 11.5. The second kappa shape index (κ2) is 9.96. The Kier molecular flexibility index (Phi) is 6.96. The van der Waals surface area contributed by atoms with Gasteiger partial charge in [0.15, 0.2) is 11.5 Å². The molecule has 0 aliphatic rings. The van der Waals surface area contributed by atoms with E-state index in [0.29, 0.717) is 35.2 Å². The minimum absolute atomic E-state index is 0.187. The van der Waals surface area contributed by atoms with Crippen molar-refractivity contribution in [2.45, 2.75) is 39.9 Å². The first-order chi connectivity index (χ1) is 17.0. The van der Waals surface area contributed by atoms with Gasteiger partial charge in [0.2, 0.25) is 5.82 Å². The number of alkyl halides is 3. The maximum atomic E-state index is 13.1. The van der Waals surface area contributed by atoms with E-state index in [1.165, 1.54) is 12.1 Å². The van der Waals surface area contributed by atoms with E-state index in [1.54, 1.807) is 0 Å². The zero-order valence-corrected chi connectivity index (χ0v) is 20.1. The summed E-state index contributed by atoms with van der Waals surface area (Å²) in [6.07, 6.45) is -3.60. The largest absolute Gasteiger partial charge is 0.475 e. The van der Waals surface area contributed by atoms with Crippen LogP contribution in [-0.4, -0.2) is 37.1 Å². The Morgan fingerprint density at radius 1 is 1.08 bits per heavy atom. The Bertz CT molecular complexity index is 1400. The van der Waals surface area contributed by atoms with Crippen molar-refractivity contribution in [3.05, 3.63) is 71.0 Å². The average molecular weight is 498 g/mol. The maximum absolute atomic E-state index is 13.1. The van der Waals surface area contributed by atoms with Gasteiger partial charge in [0.1, 0.15) is 11.3 Å². The smallest absolute Gasteiger partial charge is 0.416 e. The molecule has 0 bridgehead atoms. The van der Waals surface area contributed by atoms with Gasteiger partial charge in [0.25, 0.3) is 0 Å². The fourth-order valence-corrected chi connectivity index (χ4v) is 3.87. The lowest BCUT2D eigenvalue weighted by atomic mass is 10.1. The van der Waals surface area contributed by atoms with Crippen LogP contribution >= 0.6 is 0 Å². The quantitative estimate of drug-likeness (QED) is 0.309. The van der Waals surface area contributed by atoms with Crippen LogP contribution < -0.4 is 5.32 Å². The molecular weight excluding hydrogens is 471 g/mol. The number of rotatable bonds is 8. The van der Waals surface area contributed by atoms with Crippen LogP contribution in [0.1, 0.15) is 47.6 Å². The number of nitrogens with zero attached hydrogens (tertiary/aromatic N) is 4. The van der Waals surface area contributed by atoms with Gasteiger partial charge < -0.3 is 15.0 Å². The number of fused-ring (bicyclic) bond motifs is 1. The van der Waals surface area contributed by atoms with Gasteiger partial charge in [0, 0.05) is 18.7 Å². The molecule has 4 rings (SSSR count). The molecule has 0 atom stereocenters. The number of halogens is 3. The molecule has 2 aromatic carbocycles. The fourth-order valence-electron chi connectivity index (χ4n) is 3.87. The zero-order chi connectivity index (χ0) is 26.0. The predicted octanol–water partition coefficient (Wildman–Crippen LogP) is 6.03. The topological polar surface area (TPSA) is 92.9 Å². The normalized spacial score (nSPS) is 11.9. The summed E-state index contributed by atoms with van der Waals surface area (Å²) in [4.78, 5) is 24.8. The molecule has 4 aromatic rings. The number of benzene rings is 2. The molecule has 0 aliphatic carbocycles. The molecule has 0 saturated carbocycles. The summed E-state index contributed by atoms with van der Waals surface area (Å²) >= 11 is 0. The highest BCUT2D eigenvalue weighted by Gasteiger charge is 2.30. The molecule has 10 heteroatoms. The minimum atomic E-state index is -4.43. The summed E-state index contributed by atoms with van der Waals surface area (Å²) in [7, 11) is 0. The number of aromatic nitrogens is 4.